The van der Waals surface area contributed by atoms with Crippen molar-refractivity contribution in [1.29, 1.82) is 0 Å². The van der Waals surface area contributed by atoms with Crippen molar-refractivity contribution in [2.75, 3.05) is 0 Å². The van der Waals surface area contributed by atoms with Crippen molar-refractivity contribution in [2.45, 2.75) is 19.9 Å². The van der Waals surface area contributed by atoms with Crippen LogP contribution in [0.1, 0.15) is 19.9 Å². The van der Waals surface area contributed by atoms with Crippen LogP contribution in [-0.4, -0.2) is 25.1 Å². The van der Waals surface area contributed by atoms with Gasteiger partial charge in [0, 0.05) is 17.2 Å². The third kappa shape index (κ3) is 2.44. The Labute approximate surface area is 136 Å². The van der Waals surface area contributed by atoms with Crippen LogP contribution < -0.4 is 0 Å². The van der Waals surface area contributed by atoms with Gasteiger partial charge in [-0.3, -0.25) is 0 Å². The summed E-state index contributed by atoms with van der Waals surface area (Å²) in [7, 11) is 0. The van der Waals surface area contributed by atoms with E-state index in [4.69, 9.17) is 4.52 Å². The molecule has 0 bridgehead atoms. The van der Waals surface area contributed by atoms with Gasteiger partial charge in [0.2, 0.25) is 5.82 Å². The molecular formula is C17H14FN5O. The highest BCUT2D eigenvalue weighted by molar-refractivity contribution is 5.80. The molecule has 2 aromatic heterocycles. The molecular weight excluding hydrogens is 309 g/mol. The van der Waals surface area contributed by atoms with Crippen molar-refractivity contribution in [3.63, 3.8) is 0 Å². The molecule has 0 N–H and O–H groups in total. The maximum absolute atomic E-state index is 13.0. The molecule has 0 radical (unpaired) electrons. The van der Waals surface area contributed by atoms with Crippen molar-refractivity contribution in [3.05, 3.63) is 48.3 Å². The number of nitrogens with zero attached hydrogens (tertiary/aromatic N) is 5. The lowest BCUT2D eigenvalue weighted by atomic mass is 10.2. The van der Waals surface area contributed by atoms with Crippen molar-refractivity contribution in [1.82, 2.24) is 25.1 Å². The molecule has 120 valence electrons. The first-order valence-corrected chi connectivity index (χ1v) is 7.57. The Kier molecular flexibility index (Phi) is 3.34. The third-order valence-electron chi connectivity index (χ3n) is 3.74. The number of halogens is 1. The molecule has 0 saturated heterocycles. The average molecular weight is 323 g/mol. The molecule has 0 unspecified atom stereocenters. The molecule has 0 spiro atoms. The molecule has 4 aromatic rings. The van der Waals surface area contributed by atoms with E-state index in [0.29, 0.717) is 17.3 Å². The number of benzene rings is 2. The van der Waals surface area contributed by atoms with Crippen LogP contribution >= 0.6 is 0 Å². The predicted octanol–water partition coefficient (Wildman–Crippen LogP) is 3.87. The van der Waals surface area contributed by atoms with Crippen LogP contribution in [0.2, 0.25) is 0 Å². The van der Waals surface area contributed by atoms with Gasteiger partial charge in [-0.1, -0.05) is 10.4 Å². The topological polar surface area (TPSA) is 69.6 Å². The van der Waals surface area contributed by atoms with Gasteiger partial charge in [-0.05, 0) is 56.3 Å². The van der Waals surface area contributed by atoms with Gasteiger partial charge < -0.3 is 4.52 Å². The van der Waals surface area contributed by atoms with Crippen LogP contribution in [0.25, 0.3) is 33.9 Å². The normalized spacial score (nSPS) is 11.5. The number of rotatable bonds is 3. The lowest BCUT2D eigenvalue weighted by Crippen LogP contribution is -2.02. The molecule has 0 aliphatic heterocycles. The first-order chi connectivity index (χ1) is 11.6. The van der Waals surface area contributed by atoms with E-state index in [0.717, 1.165) is 16.6 Å². The molecule has 0 amide bonds. The zero-order chi connectivity index (χ0) is 16.7. The lowest BCUT2D eigenvalue weighted by Gasteiger charge is -2.04. The van der Waals surface area contributed by atoms with Gasteiger partial charge in [0.1, 0.15) is 11.3 Å². The van der Waals surface area contributed by atoms with E-state index in [9.17, 15) is 4.39 Å². The highest BCUT2D eigenvalue weighted by Gasteiger charge is 2.13. The van der Waals surface area contributed by atoms with Gasteiger partial charge in [-0.2, -0.15) is 4.98 Å². The highest BCUT2D eigenvalue weighted by atomic mass is 19.1. The predicted molar refractivity (Wildman–Crippen MR) is 86.6 cm³/mol. The molecule has 4 rings (SSSR count). The molecule has 0 atom stereocenters. The molecule has 0 fully saturated rings. The maximum atomic E-state index is 13.0. The fourth-order valence-electron chi connectivity index (χ4n) is 2.51. The molecule has 7 heteroatoms. The van der Waals surface area contributed by atoms with Gasteiger partial charge in [0.05, 0.1) is 5.52 Å². The number of fused-ring (bicyclic) bond motifs is 1. The second kappa shape index (κ2) is 5.52. The summed E-state index contributed by atoms with van der Waals surface area (Å²) >= 11 is 0. The van der Waals surface area contributed by atoms with Crippen LogP contribution in [0.5, 0.6) is 0 Å². The summed E-state index contributed by atoms with van der Waals surface area (Å²) in [6.07, 6.45) is 0. The summed E-state index contributed by atoms with van der Waals surface area (Å²) in [6, 6.07) is 11.9. The second-order valence-corrected chi connectivity index (χ2v) is 5.76. The Morgan fingerprint density at radius 1 is 1.04 bits per heavy atom. The largest absolute Gasteiger partial charge is 0.334 e. The smallest absolute Gasteiger partial charge is 0.258 e. The molecule has 6 nitrogen and oxygen atoms in total. The molecule has 0 saturated carbocycles. The molecule has 24 heavy (non-hydrogen) atoms. The Hall–Kier alpha value is -3.09. The van der Waals surface area contributed by atoms with E-state index >= 15 is 0 Å². The minimum atomic E-state index is -0.308. The lowest BCUT2D eigenvalue weighted by molar-refractivity contribution is 0.432. The number of hydrogen-bond donors (Lipinski definition) is 0. The zero-order valence-corrected chi connectivity index (χ0v) is 13.1. The minimum Gasteiger partial charge on any atom is -0.334 e. The fourth-order valence-corrected chi connectivity index (χ4v) is 2.51. The molecule has 2 heterocycles. The monoisotopic (exact) mass is 323 g/mol. The van der Waals surface area contributed by atoms with Gasteiger partial charge in [-0.25, -0.2) is 9.07 Å². The van der Waals surface area contributed by atoms with Gasteiger partial charge in [0.15, 0.2) is 0 Å². The Morgan fingerprint density at radius 2 is 1.79 bits per heavy atom. The van der Waals surface area contributed by atoms with E-state index in [-0.39, 0.29) is 11.9 Å². The van der Waals surface area contributed by atoms with E-state index in [2.05, 4.69) is 34.3 Å². The van der Waals surface area contributed by atoms with Gasteiger partial charge in [0.25, 0.3) is 5.89 Å². The van der Waals surface area contributed by atoms with Gasteiger partial charge >= 0.3 is 0 Å². The van der Waals surface area contributed by atoms with Crippen molar-refractivity contribution < 1.29 is 8.91 Å². The summed E-state index contributed by atoms with van der Waals surface area (Å²) < 4.78 is 20.1. The standard InChI is InChI=1S/C17H14FN5O/c1-10(2)23-15-8-5-12(9-14(15)20-22-23)16-19-17(24-21-16)11-3-6-13(18)7-4-11/h3-10H,1-2H3. The van der Waals surface area contributed by atoms with Gasteiger partial charge in [-0.15, -0.1) is 5.10 Å². The summed E-state index contributed by atoms with van der Waals surface area (Å²) in [5.74, 6) is 0.489. The Morgan fingerprint density at radius 3 is 2.54 bits per heavy atom. The van der Waals surface area contributed by atoms with E-state index < -0.39 is 0 Å². The fraction of sp³-hybridized carbons (Fsp3) is 0.176. The average Bonchev–Trinajstić information content (AvgIpc) is 3.22. The number of hydrogen-bond acceptors (Lipinski definition) is 5. The van der Waals surface area contributed by atoms with Crippen LogP contribution in [0, 0.1) is 5.82 Å². The summed E-state index contributed by atoms with van der Waals surface area (Å²) in [5, 5.41) is 12.3. The summed E-state index contributed by atoms with van der Waals surface area (Å²) in [5.41, 5.74) is 3.18. The first kappa shape index (κ1) is 14.5. The SMILES string of the molecule is CC(C)n1nnc2cc(-c3noc(-c4ccc(F)cc4)n3)ccc21. The van der Waals surface area contributed by atoms with E-state index in [1.54, 1.807) is 12.1 Å². The van der Waals surface area contributed by atoms with Crippen LogP contribution in [0.4, 0.5) is 4.39 Å². The van der Waals surface area contributed by atoms with Crippen molar-refractivity contribution in [2.24, 2.45) is 0 Å². The molecule has 0 aliphatic rings. The second-order valence-electron chi connectivity index (χ2n) is 5.76. The zero-order valence-electron chi connectivity index (χ0n) is 13.1. The molecule has 0 aliphatic carbocycles. The van der Waals surface area contributed by atoms with Crippen LogP contribution in [-0.2, 0) is 0 Å². The van der Waals surface area contributed by atoms with Crippen LogP contribution in [0.15, 0.2) is 47.0 Å². The Balaban J connectivity index is 1.71. The highest BCUT2D eigenvalue weighted by Crippen LogP contribution is 2.25. The van der Waals surface area contributed by atoms with Crippen molar-refractivity contribution in [3.8, 4) is 22.8 Å². The quantitative estimate of drug-likeness (QED) is 0.572. The summed E-state index contributed by atoms with van der Waals surface area (Å²) in [4.78, 5) is 4.37. The van der Waals surface area contributed by atoms with Crippen molar-refractivity contribution >= 4 is 11.0 Å². The Bertz CT molecular complexity index is 1000. The molecule has 2 aromatic carbocycles. The maximum Gasteiger partial charge on any atom is 0.258 e. The van der Waals surface area contributed by atoms with E-state index in [1.165, 1.54) is 12.1 Å². The van der Waals surface area contributed by atoms with E-state index in [1.807, 2.05) is 22.9 Å². The number of aromatic nitrogens is 5. The third-order valence-corrected chi connectivity index (χ3v) is 3.74. The first-order valence-electron chi connectivity index (χ1n) is 7.57. The van der Waals surface area contributed by atoms with Crippen LogP contribution in [0.3, 0.4) is 0 Å². The summed E-state index contributed by atoms with van der Waals surface area (Å²) in [6.45, 7) is 4.10. The minimum absolute atomic E-state index is 0.233.